The fourth-order valence-corrected chi connectivity index (χ4v) is 10.2. The molecular weight excluding hydrogens is 723 g/mol. The number of rotatable bonds is 6. The fraction of sp³-hybridized carbons (Fsp3) is 0. The van der Waals surface area contributed by atoms with E-state index in [0.717, 1.165) is 22.7 Å². The molecular formula is C54H35N3S. The summed E-state index contributed by atoms with van der Waals surface area (Å²) in [6.07, 6.45) is 0. The van der Waals surface area contributed by atoms with Gasteiger partial charge in [0.2, 0.25) is 0 Å². The minimum Gasteiger partial charge on any atom is -0.310 e. The Kier molecular flexibility index (Phi) is 7.47. The van der Waals surface area contributed by atoms with Gasteiger partial charge in [-0.1, -0.05) is 151 Å². The highest BCUT2D eigenvalue weighted by molar-refractivity contribution is 7.99. The number of hydrogen-bond acceptors (Lipinski definition) is 2. The minimum atomic E-state index is 1.09. The van der Waals surface area contributed by atoms with Crippen LogP contribution in [0.1, 0.15) is 0 Å². The van der Waals surface area contributed by atoms with E-state index in [0.29, 0.717) is 0 Å². The van der Waals surface area contributed by atoms with Gasteiger partial charge in [0.15, 0.2) is 0 Å². The molecule has 3 nitrogen and oxygen atoms in total. The first-order chi connectivity index (χ1) is 28.8. The van der Waals surface area contributed by atoms with Crippen LogP contribution in [-0.4, -0.2) is 9.13 Å². The third-order valence-corrected chi connectivity index (χ3v) is 12.8. The predicted octanol–water partition coefficient (Wildman–Crippen LogP) is 15.1. The Morgan fingerprint density at radius 1 is 0.345 bits per heavy atom. The summed E-state index contributed by atoms with van der Waals surface area (Å²) >= 11 is 1.88. The van der Waals surface area contributed by atoms with Crippen molar-refractivity contribution >= 4 is 72.4 Å². The Hall–Kier alpha value is -7.27. The average molecular weight is 758 g/mol. The standard InChI is InChI=1S/C54H35N3S/c1-3-14-36(15-4-1)38-26-30-40(31-27-38)55(41-32-28-39(29-33-41)37-16-5-2-6-17-37)42-18-13-19-43(34-42)56-46-22-9-7-20-44(46)52-49(56)35-51-54-53(52)45-21-8-10-23-47(45)57(54)48-24-11-12-25-50(48)58-51/h1-35H. The summed E-state index contributed by atoms with van der Waals surface area (Å²) < 4.78 is 4.97. The molecule has 1 aliphatic heterocycles. The number of fused-ring (bicyclic) bond motifs is 9. The largest absolute Gasteiger partial charge is 0.310 e. The molecule has 58 heavy (non-hydrogen) atoms. The summed E-state index contributed by atoms with van der Waals surface area (Å²) in [6.45, 7) is 0. The maximum Gasteiger partial charge on any atom is 0.0688 e. The quantitative estimate of drug-likeness (QED) is 0.168. The van der Waals surface area contributed by atoms with Gasteiger partial charge in [0.1, 0.15) is 0 Å². The zero-order valence-electron chi connectivity index (χ0n) is 31.5. The lowest BCUT2D eigenvalue weighted by molar-refractivity contribution is 1.09. The van der Waals surface area contributed by atoms with Crippen molar-refractivity contribution in [2.75, 3.05) is 4.90 Å². The second-order valence-corrected chi connectivity index (χ2v) is 16.0. The van der Waals surface area contributed by atoms with Crippen LogP contribution >= 0.6 is 11.8 Å². The molecule has 0 spiro atoms. The fourth-order valence-electron chi connectivity index (χ4n) is 9.12. The Morgan fingerprint density at radius 3 is 1.53 bits per heavy atom. The maximum atomic E-state index is 2.49. The van der Waals surface area contributed by atoms with Crippen LogP contribution in [0.3, 0.4) is 0 Å². The molecule has 4 heteroatoms. The van der Waals surface area contributed by atoms with Crippen molar-refractivity contribution < 1.29 is 0 Å². The molecule has 12 rings (SSSR count). The molecule has 0 N–H and O–H groups in total. The Labute approximate surface area is 340 Å². The molecule has 0 saturated heterocycles. The van der Waals surface area contributed by atoms with Gasteiger partial charge < -0.3 is 14.0 Å². The zero-order valence-corrected chi connectivity index (χ0v) is 32.3. The van der Waals surface area contributed by atoms with Crippen molar-refractivity contribution in [3.05, 3.63) is 212 Å². The number of aromatic nitrogens is 2. The van der Waals surface area contributed by atoms with E-state index in [2.05, 4.69) is 226 Å². The van der Waals surface area contributed by atoms with Crippen molar-refractivity contribution in [1.82, 2.24) is 9.13 Å². The topological polar surface area (TPSA) is 13.1 Å². The summed E-state index contributed by atoms with van der Waals surface area (Å²) in [5.41, 5.74) is 15.4. The van der Waals surface area contributed by atoms with Crippen LogP contribution in [0.2, 0.25) is 0 Å². The van der Waals surface area contributed by atoms with Crippen molar-refractivity contribution in [3.8, 4) is 33.6 Å². The molecule has 9 aromatic carbocycles. The van der Waals surface area contributed by atoms with Crippen LogP contribution in [0.4, 0.5) is 17.1 Å². The number of anilines is 3. The van der Waals surface area contributed by atoms with Crippen LogP contribution in [0, 0.1) is 0 Å². The first-order valence-electron chi connectivity index (χ1n) is 19.8. The molecule has 3 heterocycles. The summed E-state index contributed by atoms with van der Waals surface area (Å²) in [7, 11) is 0. The smallest absolute Gasteiger partial charge is 0.0688 e. The van der Waals surface area contributed by atoms with E-state index in [1.54, 1.807) is 0 Å². The zero-order chi connectivity index (χ0) is 38.2. The van der Waals surface area contributed by atoms with Crippen LogP contribution < -0.4 is 4.90 Å². The first kappa shape index (κ1) is 32.9. The highest BCUT2D eigenvalue weighted by atomic mass is 32.2. The van der Waals surface area contributed by atoms with Gasteiger partial charge >= 0.3 is 0 Å². The molecule has 0 fully saturated rings. The summed E-state index contributed by atoms with van der Waals surface area (Å²) in [5, 5.41) is 5.14. The highest BCUT2D eigenvalue weighted by Crippen LogP contribution is 2.51. The van der Waals surface area contributed by atoms with Gasteiger partial charge in [-0.2, -0.15) is 0 Å². The molecule has 272 valence electrons. The third-order valence-electron chi connectivity index (χ3n) is 11.7. The van der Waals surface area contributed by atoms with E-state index in [9.17, 15) is 0 Å². The number of nitrogens with zero attached hydrogens (tertiary/aromatic N) is 3. The summed E-state index contributed by atoms with van der Waals surface area (Å²) in [4.78, 5) is 4.92. The van der Waals surface area contributed by atoms with Crippen molar-refractivity contribution in [2.45, 2.75) is 9.79 Å². The molecule has 11 aromatic rings. The van der Waals surface area contributed by atoms with E-state index >= 15 is 0 Å². The average Bonchev–Trinajstić information content (AvgIpc) is 3.81. The van der Waals surface area contributed by atoms with Crippen molar-refractivity contribution in [3.63, 3.8) is 0 Å². The lowest BCUT2D eigenvalue weighted by Crippen LogP contribution is -2.10. The Bertz CT molecular complexity index is 3260. The molecule has 0 amide bonds. The molecule has 0 radical (unpaired) electrons. The van der Waals surface area contributed by atoms with Crippen molar-refractivity contribution in [2.24, 2.45) is 0 Å². The van der Waals surface area contributed by atoms with E-state index in [-0.39, 0.29) is 0 Å². The van der Waals surface area contributed by atoms with Gasteiger partial charge in [0.05, 0.1) is 27.8 Å². The molecule has 0 unspecified atom stereocenters. The van der Waals surface area contributed by atoms with Crippen LogP contribution in [-0.2, 0) is 0 Å². The van der Waals surface area contributed by atoms with E-state index < -0.39 is 0 Å². The predicted molar refractivity (Wildman–Crippen MR) is 245 cm³/mol. The van der Waals surface area contributed by atoms with Gasteiger partial charge in [0.25, 0.3) is 0 Å². The third kappa shape index (κ3) is 5.09. The SMILES string of the molecule is c1ccc(-c2ccc(N(c3ccc(-c4ccccc4)cc3)c3cccc(-n4c5ccccc5c5c6c7ccccc7n7c6c(cc54)Sc4ccccc4-7)c3)cc2)cc1. The lowest BCUT2D eigenvalue weighted by Gasteiger charge is -2.26. The van der Waals surface area contributed by atoms with Gasteiger partial charge in [0, 0.05) is 54.1 Å². The monoisotopic (exact) mass is 757 g/mol. The van der Waals surface area contributed by atoms with Gasteiger partial charge in [-0.05, 0) is 95.1 Å². The normalized spacial score (nSPS) is 12.1. The van der Waals surface area contributed by atoms with Crippen molar-refractivity contribution in [1.29, 1.82) is 0 Å². The van der Waals surface area contributed by atoms with Gasteiger partial charge in [-0.3, -0.25) is 0 Å². The van der Waals surface area contributed by atoms with Gasteiger partial charge in [-0.25, -0.2) is 0 Å². The summed E-state index contributed by atoms with van der Waals surface area (Å²) in [6, 6.07) is 77.2. The number of para-hydroxylation sites is 3. The number of hydrogen-bond donors (Lipinski definition) is 0. The maximum absolute atomic E-state index is 2.49. The summed E-state index contributed by atoms with van der Waals surface area (Å²) in [5.74, 6) is 0. The van der Waals surface area contributed by atoms with Crippen LogP contribution in [0.25, 0.3) is 77.2 Å². The Morgan fingerprint density at radius 2 is 0.879 bits per heavy atom. The second-order valence-electron chi connectivity index (χ2n) is 14.9. The van der Waals surface area contributed by atoms with Gasteiger partial charge in [-0.15, -0.1) is 0 Å². The Balaban J connectivity index is 1.07. The highest BCUT2D eigenvalue weighted by Gasteiger charge is 2.27. The molecule has 0 bridgehead atoms. The van der Waals surface area contributed by atoms with E-state index in [1.165, 1.54) is 81.3 Å². The van der Waals surface area contributed by atoms with E-state index in [4.69, 9.17) is 0 Å². The first-order valence-corrected chi connectivity index (χ1v) is 20.6. The van der Waals surface area contributed by atoms with Crippen LogP contribution in [0.15, 0.2) is 222 Å². The van der Waals surface area contributed by atoms with E-state index in [1.807, 2.05) is 11.8 Å². The lowest BCUT2D eigenvalue weighted by atomic mass is 10.0. The van der Waals surface area contributed by atoms with Crippen LogP contribution in [0.5, 0.6) is 0 Å². The minimum absolute atomic E-state index is 1.09. The molecule has 0 atom stereocenters. The second kappa shape index (κ2) is 13.2. The molecule has 0 saturated carbocycles. The molecule has 2 aromatic heterocycles. The molecule has 0 aliphatic carbocycles. The molecule has 1 aliphatic rings. The number of benzene rings is 9.